The van der Waals surface area contributed by atoms with E-state index in [4.69, 9.17) is 21.1 Å². The molecule has 1 N–H and O–H groups in total. The Morgan fingerprint density at radius 2 is 2.04 bits per heavy atom. The second-order valence-electron chi connectivity index (χ2n) is 4.89. The topological polar surface area (TPSA) is 64.6 Å². The number of hydrogen-bond donors (Lipinski definition) is 1. The van der Waals surface area contributed by atoms with Crippen molar-refractivity contribution in [3.8, 4) is 5.75 Å². The Morgan fingerprint density at radius 1 is 1.24 bits per heavy atom. The van der Waals surface area contributed by atoms with Gasteiger partial charge in [0.05, 0.1) is 12.8 Å². The summed E-state index contributed by atoms with van der Waals surface area (Å²) in [5.41, 5.74) is 0.655. The highest BCUT2D eigenvalue weighted by atomic mass is 35.5. The molecule has 0 bridgehead atoms. The molecule has 0 fully saturated rings. The first-order chi connectivity index (χ1) is 12.0. The van der Waals surface area contributed by atoms with Gasteiger partial charge in [-0.05, 0) is 42.0 Å². The van der Waals surface area contributed by atoms with Crippen LogP contribution in [0.3, 0.4) is 0 Å². The molecule has 7 heteroatoms. The molecule has 0 atom stereocenters. The Balaban J connectivity index is 1.85. The van der Waals surface area contributed by atoms with Crippen LogP contribution in [0.2, 0.25) is 5.02 Å². The zero-order chi connectivity index (χ0) is 18.2. The van der Waals surface area contributed by atoms with Crippen LogP contribution < -0.4 is 10.1 Å². The van der Waals surface area contributed by atoms with Gasteiger partial charge in [0, 0.05) is 11.1 Å². The molecular weight excluding hydrogens is 349 g/mol. The van der Waals surface area contributed by atoms with Gasteiger partial charge in [-0.1, -0.05) is 23.7 Å². The van der Waals surface area contributed by atoms with Crippen molar-refractivity contribution in [1.29, 1.82) is 0 Å². The number of hydrogen-bond acceptors (Lipinski definition) is 4. The molecule has 2 aromatic carbocycles. The normalized spacial score (nSPS) is 10.5. The third kappa shape index (κ3) is 5.93. The third-order valence-corrected chi connectivity index (χ3v) is 3.29. The van der Waals surface area contributed by atoms with E-state index in [1.807, 2.05) is 0 Å². The number of esters is 1. The highest BCUT2D eigenvalue weighted by Gasteiger charge is 2.09. The molecule has 0 saturated carbocycles. The molecule has 0 unspecified atom stereocenters. The first kappa shape index (κ1) is 18.5. The standard InChI is InChI=1S/C18H15ClFNO4/c1-24-14-4-2-3-12(9-14)5-8-18(23)25-11-17(22)21-16-10-13(19)6-7-15(16)20/h2-10H,11H2,1H3,(H,21,22)/b8-5+. The van der Waals surface area contributed by atoms with Crippen molar-refractivity contribution >= 4 is 35.2 Å². The summed E-state index contributed by atoms with van der Waals surface area (Å²) >= 11 is 5.73. The molecule has 5 nitrogen and oxygen atoms in total. The van der Waals surface area contributed by atoms with Crippen molar-refractivity contribution in [3.63, 3.8) is 0 Å². The first-order valence-corrected chi connectivity index (χ1v) is 7.59. The van der Waals surface area contributed by atoms with Gasteiger partial charge in [0.1, 0.15) is 11.6 Å². The summed E-state index contributed by atoms with van der Waals surface area (Å²) in [6.07, 6.45) is 2.71. The lowest BCUT2D eigenvalue weighted by atomic mass is 10.2. The van der Waals surface area contributed by atoms with E-state index >= 15 is 0 Å². The number of ether oxygens (including phenoxy) is 2. The molecule has 0 radical (unpaired) electrons. The van der Waals surface area contributed by atoms with Gasteiger partial charge in [0.15, 0.2) is 6.61 Å². The Hall–Kier alpha value is -2.86. The Bertz CT molecular complexity index is 807. The SMILES string of the molecule is COc1cccc(/C=C/C(=O)OCC(=O)Nc2cc(Cl)ccc2F)c1. The minimum absolute atomic E-state index is 0.0829. The smallest absolute Gasteiger partial charge is 0.331 e. The zero-order valence-corrected chi connectivity index (χ0v) is 14.0. The Morgan fingerprint density at radius 3 is 2.80 bits per heavy atom. The number of methoxy groups -OCH3 is 1. The van der Waals surface area contributed by atoms with E-state index in [0.29, 0.717) is 5.75 Å². The molecule has 0 aromatic heterocycles. The second kappa shape index (κ2) is 8.84. The van der Waals surface area contributed by atoms with E-state index in [1.165, 1.54) is 24.3 Å². The van der Waals surface area contributed by atoms with Crippen LogP contribution in [0.1, 0.15) is 5.56 Å². The van der Waals surface area contributed by atoms with E-state index in [9.17, 15) is 14.0 Å². The average molecular weight is 364 g/mol. The lowest BCUT2D eigenvalue weighted by Gasteiger charge is -2.07. The molecule has 0 aliphatic carbocycles. The summed E-state index contributed by atoms with van der Waals surface area (Å²) in [5, 5.41) is 2.55. The monoisotopic (exact) mass is 363 g/mol. The third-order valence-electron chi connectivity index (χ3n) is 3.05. The quantitative estimate of drug-likeness (QED) is 0.628. The van der Waals surface area contributed by atoms with Gasteiger partial charge in [0.2, 0.25) is 0 Å². The molecule has 0 aliphatic heterocycles. The number of amides is 1. The van der Waals surface area contributed by atoms with Crippen LogP contribution in [0.15, 0.2) is 48.5 Å². The summed E-state index contributed by atoms with van der Waals surface area (Å²) in [5.74, 6) is -1.37. The maximum absolute atomic E-state index is 13.5. The average Bonchev–Trinajstić information content (AvgIpc) is 2.61. The van der Waals surface area contributed by atoms with E-state index < -0.39 is 24.3 Å². The van der Waals surface area contributed by atoms with Gasteiger partial charge in [-0.25, -0.2) is 9.18 Å². The van der Waals surface area contributed by atoms with Crippen molar-refractivity contribution in [2.45, 2.75) is 0 Å². The second-order valence-corrected chi connectivity index (χ2v) is 5.33. The van der Waals surface area contributed by atoms with E-state index in [1.54, 1.807) is 31.4 Å². The van der Waals surface area contributed by atoms with Gasteiger partial charge >= 0.3 is 5.97 Å². The summed E-state index contributed by atoms with van der Waals surface area (Å²) in [7, 11) is 1.54. The summed E-state index contributed by atoms with van der Waals surface area (Å²) < 4.78 is 23.4. The van der Waals surface area contributed by atoms with Gasteiger partial charge in [-0.3, -0.25) is 4.79 Å². The van der Waals surface area contributed by atoms with Crippen LogP contribution in [0, 0.1) is 5.82 Å². The van der Waals surface area contributed by atoms with Crippen molar-refractivity contribution in [3.05, 3.63) is 64.9 Å². The molecule has 2 rings (SSSR count). The summed E-state index contributed by atoms with van der Waals surface area (Å²) in [6, 6.07) is 10.8. The maximum atomic E-state index is 13.5. The number of carbonyl (C=O) groups excluding carboxylic acids is 2. The number of nitrogens with one attached hydrogen (secondary N) is 1. The van der Waals surface area contributed by atoms with Crippen LogP contribution in [0.25, 0.3) is 6.08 Å². The number of rotatable bonds is 6. The van der Waals surface area contributed by atoms with Gasteiger partial charge in [0.25, 0.3) is 5.91 Å². The van der Waals surface area contributed by atoms with E-state index in [2.05, 4.69) is 5.32 Å². The highest BCUT2D eigenvalue weighted by molar-refractivity contribution is 6.30. The van der Waals surface area contributed by atoms with Crippen LogP contribution in [0.5, 0.6) is 5.75 Å². The highest BCUT2D eigenvalue weighted by Crippen LogP contribution is 2.19. The minimum Gasteiger partial charge on any atom is -0.497 e. The van der Waals surface area contributed by atoms with E-state index in [0.717, 1.165) is 11.6 Å². The van der Waals surface area contributed by atoms with Crippen LogP contribution in [-0.4, -0.2) is 25.6 Å². The van der Waals surface area contributed by atoms with Gasteiger partial charge < -0.3 is 14.8 Å². The van der Waals surface area contributed by atoms with Crippen LogP contribution >= 0.6 is 11.6 Å². The van der Waals surface area contributed by atoms with Gasteiger partial charge in [-0.2, -0.15) is 0 Å². The lowest BCUT2D eigenvalue weighted by molar-refractivity contribution is -0.142. The molecule has 0 heterocycles. The maximum Gasteiger partial charge on any atom is 0.331 e. The fourth-order valence-electron chi connectivity index (χ4n) is 1.87. The fraction of sp³-hybridized carbons (Fsp3) is 0.111. The minimum atomic E-state index is -0.704. The van der Waals surface area contributed by atoms with Crippen molar-refractivity contribution < 1.29 is 23.5 Å². The van der Waals surface area contributed by atoms with Crippen LogP contribution in [-0.2, 0) is 14.3 Å². The van der Waals surface area contributed by atoms with Crippen LogP contribution in [0.4, 0.5) is 10.1 Å². The Kier molecular flexibility index (Phi) is 6.54. The number of benzene rings is 2. The molecule has 1 amide bonds. The number of halogens is 2. The molecule has 0 aliphatic rings. The predicted molar refractivity (Wildman–Crippen MR) is 93.0 cm³/mol. The lowest BCUT2D eigenvalue weighted by Crippen LogP contribution is -2.20. The molecular formula is C18H15ClFNO4. The Labute approximate surface area is 149 Å². The van der Waals surface area contributed by atoms with E-state index in [-0.39, 0.29) is 10.7 Å². The fourth-order valence-corrected chi connectivity index (χ4v) is 2.05. The largest absolute Gasteiger partial charge is 0.497 e. The molecule has 0 spiro atoms. The summed E-state index contributed by atoms with van der Waals surface area (Å²) in [4.78, 5) is 23.3. The summed E-state index contributed by atoms with van der Waals surface area (Å²) in [6.45, 7) is -0.548. The van der Waals surface area contributed by atoms with Crippen molar-refractivity contribution in [1.82, 2.24) is 0 Å². The molecule has 2 aromatic rings. The predicted octanol–water partition coefficient (Wildman–Crippen LogP) is 3.68. The molecule has 0 saturated heterocycles. The number of carbonyl (C=O) groups is 2. The molecule has 25 heavy (non-hydrogen) atoms. The van der Waals surface area contributed by atoms with Gasteiger partial charge in [-0.15, -0.1) is 0 Å². The van der Waals surface area contributed by atoms with Crippen molar-refractivity contribution in [2.24, 2.45) is 0 Å². The zero-order valence-electron chi connectivity index (χ0n) is 13.3. The first-order valence-electron chi connectivity index (χ1n) is 7.22. The molecule has 130 valence electrons. The number of anilines is 1. The van der Waals surface area contributed by atoms with Crippen molar-refractivity contribution in [2.75, 3.05) is 19.0 Å².